The molecule has 3 saturated heterocycles. The molecule has 6 fully saturated rings. The lowest BCUT2D eigenvalue weighted by molar-refractivity contribution is -0.635. The van der Waals surface area contributed by atoms with E-state index < -0.39 is 29.8 Å². The summed E-state index contributed by atoms with van der Waals surface area (Å²) < 4.78 is 31.9. The number of fused-ring (bicyclic) bond motifs is 3. The molecule has 121 heavy (non-hydrogen) atoms. The molecule has 4 aliphatic carbocycles. The first-order valence-electron chi connectivity index (χ1n) is 40.9. The number of aliphatic carboxylic acids is 2. The predicted molar refractivity (Wildman–Crippen MR) is 475 cm³/mol. The number of hydrogen-bond acceptors (Lipinski definition) is 28. The van der Waals surface area contributed by atoms with Crippen LogP contribution < -0.4 is 28.5 Å². The number of methoxy groups -OCH3 is 3. The fourth-order valence-corrected chi connectivity index (χ4v) is 21.9. The molecule has 6 heterocycles. The van der Waals surface area contributed by atoms with Gasteiger partial charge in [0.1, 0.15) is 53.7 Å². The summed E-state index contributed by atoms with van der Waals surface area (Å²) in [5.74, 6) is -1.27. The molecule has 0 radical (unpaired) electrons. The molecule has 0 atom stereocenters. The Morgan fingerprint density at radius 2 is 0.975 bits per heavy atom. The van der Waals surface area contributed by atoms with Crippen LogP contribution in [0.1, 0.15) is 201 Å². The Kier molecular flexibility index (Phi) is 48.0. The van der Waals surface area contributed by atoms with Crippen molar-refractivity contribution in [3.63, 3.8) is 0 Å². The average molecular weight is 1820 g/mol. The Bertz CT molecular complexity index is 4310. The van der Waals surface area contributed by atoms with Gasteiger partial charge in [-0.25, -0.2) is 25.6 Å². The molecule has 4 aromatic rings. The lowest BCUT2D eigenvalue weighted by Gasteiger charge is -2.27. The standard InChI is InChI=1S/C33H43NO6S2.C11H7NO4S2.C11H11NO2S2.C11H20O2.C6H4O2.C5H9NS2.C4H5NO2.C4H9N.C2H4O2/c1-5-7-9-21-11-15-23(16-12-21)30(35)39-25-19-20-26(29-28(25)41-33(42-29)27(34-3)32(37)38-4)40-31(36)24-17-13-22(14-18-24)10-8-6-2;1-16-10(15)5(4-12)11-17-8-6(13)2-3-7(14)9(8)18-11;13-7-3-4-8(14)10-9(7)15-11(16-10)12-5-1-2-6-12;1-2-3-4-9-5-7-10(8-6-9)11(12)13;7-5-1-2-6(8)4-3-5;7-5(8)6-3-1-2-4-6;1-5-3-4(6)7-2;1-2-4-5-3-1;1-2(3)4/h19-24H,5-18H2,1-2,4H3;2-3,13-14H,1H3;3-4H,1-2,5-6H2,(H-,13,14);9-10H,2-8H2,1H3,(H,12,13);1-4H;1-4H2,(H,7,8);3H2,2H3;5H,1-4H2;1H3,(H,3,4). The molecule has 0 unspecified atom stereocenters. The van der Waals surface area contributed by atoms with E-state index in [2.05, 4.69) is 54.7 Å². The average Bonchev–Trinajstić information content (AvgIpc) is 1.70. The number of carboxylic acids is 2. The van der Waals surface area contributed by atoms with E-state index >= 15 is 0 Å². The van der Waals surface area contributed by atoms with Crippen molar-refractivity contribution in [1.82, 2.24) is 9.48 Å². The summed E-state index contributed by atoms with van der Waals surface area (Å²) >= 11 is 17.2. The number of aromatic hydroxyl groups is 4. The first-order chi connectivity index (χ1) is 58.1. The summed E-state index contributed by atoms with van der Waals surface area (Å²) in [4.78, 5) is 111. The van der Waals surface area contributed by atoms with Crippen molar-refractivity contribution in [1.29, 1.82) is 5.26 Å². The predicted octanol–water partition coefficient (Wildman–Crippen LogP) is 15.5. The van der Waals surface area contributed by atoms with Crippen LogP contribution in [0.5, 0.6) is 34.5 Å². The topological polar surface area (TPSA) is 379 Å². The number of rotatable bonds is 17. The number of nitriles is 1. The number of ketones is 2. The van der Waals surface area contributed by atoms with Gasteiger partial charge in [0.05, 0.1) is 96.2 Å². The van der Waals surface area contributed by atoms with E-state index in [0.29, 0.717) is 55.7 Å². The molecule has 34 heteroatoms. The van der Waals surface area contributed by atoms with Gasteiger partial charge in [-0.15, -0.1) is 0 Å². The van der Waals surface area contributed by atoms with Gasteiger partial charge in [-0.3, -0.25) is 28.8 Å². The highest BCUT2D eigenvalue weighted by Gasteiger charge is 2.37. The van der Waals surface area contributed by atoms with E-state index in [9.17, 15) is 58.8 Å². The Hall–Kier alpha value is -8.50. The number of ether oxygens (including phenoxy) is 5. The highest BCUT2D eigenvalue weighted by molar-refractivity contribution is 8.25. The van der Waals surface area contributed by atoms with E-state index in [1.54, 1.807) is 53.0 Å². The van der Waals surface area contributed by atoms with Crippen LogP contribution in [0.15, 0.2) is 100 Å². The highest BCUT2D eigenvalue weighted by Crippen LogP contribution is 2.60. The highest BCUT2D eigenvalue weighted by atomic mass is 32.2. The number of carbonyl (C=O) groups is 9. The van der Waals surface area contributed by atoms with Crippen LogP contribution in [-0.4, -0.2) is 155 Å². The van der Waals surface area contributed by atoms with Gasteiger partial charge in [0.25, 0.3) is 5.70 Å². The number of thiocarbonyl (C=S) groups is 1. The van der Waals surface area contributed by atoms with E-state index in [-0.39, 0.29) is 82.1 Å². The largest absolute Gasteiger partial charge is 0.550 e. The molecule has 13 rings (SSSR count). The van der Waals surface area contributed by atoms with Gasteiger partial charge in [-0.1, -0.05) is 153 Å². The summed E-state index contributed by atoms with van der Waals surface area (Å²) in [6.45, 7) is 28.2. The summed E-state index contributed by atoms with van der Waals surface area (Å²) in [5, 5.41) is 67.8. The Balaban J connectivity index is 0.000000273. The summed E-state index contributed by atoms with van der Waals surface area (Å²) in [6, 6.07) is 10.9. The molecule has 0 bridgehead atoms. The lowest BCUT2D eigenvalue weighted by Crippen LogP contribution is -2.80. The summed E-state index contributed by atoms with van der Waals surface area (Å²) in [7, 11) is 3.68. The first-order valence-corrected chi connectivity index (χ1v) is 46.6. The maximum atomic E-state index is 13.2. The number of hydrogen-bond donors (Lipinski definition) is 6. The maximum Gasteiger partial charge on any atom is 0.386 e. The number of phenols is 4. The third-order valence-corrected chi connectivity index (χ3v) is 29.2. The van der Waals surface area contributed by atoms with E-state index in [1.165, 1.54) is 195 Å². The van der Waals surface area contributed by atoms with Crippen molar-refractivity contribution in [2.75, 3.05) is 67.1 Å². The van der Waals surface area contributed by atoms with Gasteiger partial charge in [-0.05, 0) is 175 Å². The van der Waals surface area contributed by atoms with Crippen LogP contribution in [-0.2, 0) is 70.0 Å². The number of phenolic OH excluding ortho intramolecular Hbond substituents is 4. The van der Waals surface area contributed by atoms with Crippen molar-refractivity contribution >= 4 is 162 Å². The Morgan fingerprint density at radius 1 is 0.587 bits per heavy atom. The number of nitrogens with two attached hydrogens (primary N) is 1. The maximum absolute atomic E-state index is 13.2. The molecule has 3 aromatic carbocycles. The summed E-state index contributed by atoms with van der Waals surface area (Å²) in [5.41, 5.74) is -0.281. The fraction of sp³-hybridized carbons (Fsp3) is 0.540. The van der Waals surface area contributed by atoms with Gasteiger partial charge in [0, 0.05) is 44.7 Å². The fourth-order valence-electron chi connectivity index (χ4n) is 13.9. The molecular formula is C87H112N6O20S8. The third-order valence-electron chi connectivity index (χ3n) is 20.7. The van der Waals surface area contributed by atoms with Crippen LogP contribution in [0, 0.1) is 60.0 Å². The van der Waals surface area contributed by atoms with E-state index in [4.69, 9.17) is 72.5 Å². The zero-order chi connectivity index (χ0) is 88.9. The number of esters is 5. The van der Waals surface area contributed by atoms with Crippen molar-refractivity contribution in [3.8, 4) is 40.6 Å². The van der Waals surface area contributed by atoms with E-state index in [0.717, 1.165) is 149 Å². The molecule has 5 aliphatic heterocycles. The van der Waals surface area contributed by atoms with Crippen LogP contribution in [0.4, 0.5) is 0 Å². The molecule has 9 aliphatic rings. The molecule has 0 amide bonds. The number of benzene rings is 3. The van der Waals surface area contributed by atoms with Gasteiger partial charge < -0.3 is 99.0 Å². The summed E-state index contributed by atoms with van der Waals surface area (Å²) in [6.07, 6.45) is 35.6. The van der Waals surface area contributed by atoms with Crippen LogP contribution in [0.3, 0.4) is 0 Å². The minimum atomic E-state index is -1.08. The Labute approximate surface area is 744 Å². The lowest BCUT2D eigenvalue weighted by atomic mass is 9.80. The molecule has 0 spiro atoms. The number of carboxylic acid groups (broad SMARTS) is 2. The van der Waals surface area contributed by atoms with Gasteiger partial charge >= 0.3 is 46.3 Å². The van der Waals surface area contributed by atoms with Gasteiger partial charge in [0.2, 0.25) is 0 Å². The smallest absolute Gasteiger partial charge is 0.386 e. The van der Waals surface area contributed by atoms with Gasteiger partial charge in [0.15, 0.2) is 17.1 Å². The van der Waals surface area contributed by atoms with E-state index in [1.807, 2.05) is 0 Å². The number of unbranched alkanes of at least 4 members (excludes halogenated alkanes) is 3. The quantitative estimate of drug-likeness (QED) is 0.00489. The number of likely N-dealkylation sites (tertiary alicyclic amines) is 1. The number of allylic oxidation sites excluding steroid dienone is 4. The van der Waals surface area contributed by atoms with Crippen LogP contribution in [0.25, 0.3) is 19.1 Å². The van der Waals surface area contributed by atoms with Crippen LogP contribution >= 0.6 is 81.9 Å². The first kappa shape index (κ1) is 103. The molecule has 658 valence electrons. The molecular weight excluding hydrogens is 1710 g/mol. The zero-order valence-corrected chi connectivity index (χ0v) is 76.3. The number of nitrogens with zero attached hydrogens (tertiary/aromatic N) is 5. The monoisotopic (exact) mass is 1820 g/mol. The normalized spacial score (nSPS) is 19.3. The van der Waals surface area contributed by atoms with Crippen molar-refractivity contribution in [2.45, 2.75) is 221 Å². The number of quaternary nitrogens is 1. The number of thioether (sulfide) groups is 4. The van der Waals surface area contributed by atoms with Crippen LogP contribution in [0.2, 0.25) is 0 Å². The van der Waals surface area contributed by atoms with Crippen molar-refractivity contribution in [2.24, 2.45) is 35.5 Å². The second kappa shape index (κ2) is 56.3. The second-order valence-corrected chi connectivity index (χ2v) is 37.4. The molecule has 1 aromatic heterocycles. The SMILES string of the molecule is C1CC[NH2+]C1.CC(=O)[O-].CCCCC1CCC(C(=O)O)CC1.COC(=O)C(C#N)=C1Sc2c(O)ccc(O)c2S1.O=C1C=CC(=O)C=C1.Oc1ccc(O)c2sc(=[N+]3CCCC3)sc12.S=C([S-])N1CCCC1.[C-]#[N+]C(C(=O)OC)=C1Sc2c(OC(=O)C3CCC(CCCC)CC3)ccc(OC(=O)C3CCC(CCCC)CC3)c2S1.[C-]#[N+]CC(=O)OC. The number of carbonyl (C=O) groups excluding carboxylic acids is 8. The zero-order valence-electron chi connectivity index (χ0n) is 69.7. The van der Waals surface area contributed by atoms with Crippen molar-refractivity contribution in [3.05, 3.63) is 107 Å². The third kappa shape index (κ3) is 35.3. The molecule has 3 saturated carbocycles. The van der Waals surface area contributed by atoms with Crippen molar-refractivity contribution < 1.29 is 103 Å². The Morgan fingerprint density at radius 3 is 1.29 bits per heavy atom. The molecule has 26 nitrogen and oxygen atoms in total. The minimum absolute atomic E-state index is 0.00236. The minimum Gasteiger partial charge on any atom is -0.550 e. The molecule has 7 N–H and O–H groups in total. The van der Waals surface area contributed by atoms with Gasteiger partial charge in [-0.2, -0.15) is 5.26 Å². The second-order valence-electron chi connectivity index (χ2n) is 29.5.